The topological polar surface area (TPSA) is 39.9 Å². The summed E-state index contributed by atoms with van der Waals surface area (Å²) in [5, 5.41) is 8.85. The average Bonchev–Trinajstić information content (AvgIpc) is 2.46. The molecule has 0 aliphatic rings. The number of hydrogen-bond donors (Lipinski definition) is 0. The number of anilines is 1. The summed E-state index contributed by atoms with van der Waals surface area (Å²) in [6.45, 7) is 1.90. The summed E-state index contributed by atoms with van der Waals surface area (Å²) in [6, 6.07) is 13.7. The number of pyridine rings is 1. The Hall–Kier alpha value is -2.41. The third-order valence-corrected chi connectivity index (χ3v) is 3.15. The molecule has 2 aromatic rings. The number of hydrogen-bond acceptors (Lipinski definition) is 3. The standard InChI is InChI=1S/C15H14FN3/c1-11(13-7-3-4-8-14(13)16)19(2)15-9-5-6-12(10-17)18-15/h3-9,11H,1-2H3. The Kier molecular flexibility index (Phi) is 3.76. The second-order valence-corrected chi connectivity index (χ2v) is 4.30. The highest BCUT2D eigenvalue weighted by molar-refractivity contribution is 5.43. The van der Waals surface area contributed by atoms with Gasteiger partial charge in [-0.05, 0) is 25.1 Å². The summed E-state index contributed by atoms with van der Waals surface area (Å²) in [5.41, 5.74) is 0.958. The SMILES string of the molecule is CC(c1ccccc1F)N(C)c1cccc(C#N)n1. The van der Waals surface area contributed by atoms with Crippen LogP contribution < -0.4 is 4.90 Å². The highest BCUT2D eigenvalue weighted by Gasteiger charge is 2.16. The predicted octanol–water partition coefficient (Wildman–Crippen LogP) is 3.29. The number of nitrogens with zero attached hydrogens (tertiary/aromatic N) is 3. The van der Waals surface area contributed by atoms with Crippen molar-refractivity contribution in [1.29, 1.82) is 5.26 Å². The van der Waals surface area contributed by atoms with E-state index >= 15 is 0 Å². The number of nitriles is 1. The highest BCUT2D eigenvalue weighted by atomic mass is 19.1. The summed E-state index contributed by atoms with van der Waals surface area (Å²) in [7, 11) is 1.83. The summed E-state index contributed by atoms with van der Waals surface area (Å²) in [4.78, 5) is 6.06. The van der Waals surface area contributed by atoms with E-state index < -0.39 is 0 Å². The van der Waals surface area contributed by atoms with Crippen LogP contribution in [-0.4, -0.2) is 12.0 Å². The molecule has 0 aliphatic heterocycles. The van der Waals surface area contributed by atoms with Crippen molar-refractivity contribution >= 4 is 5.82 Å². The molecule has 1 aromatic carbocycles. The van der Waals surface area contributed by atoms with Gasteiger partial charge in [0.25, 0.3) is 0 Å². The van der Waals surface area contributed by atoms with Gasteiger partial charge >= 0.3 is 0 Å². The van der Waals surface area contributed by atoms with E-state index in [0.717, 1.165) is 0 Å². The molecule has 0 spiro atoms. The largest absolute Gasteiger partial charge is 0.353 e. The number of rotatable bonds is 3. The zero-order valence-corrected chi connectivity index (χ0v) is 10.8. The van der Waals surface area contributed by atoms with E-state index in [1.807, 2.05) is 31.0 Å². The Labute approximate surface area is 111 Å². The molecule has 0 radical (unpaired) electrons. The van der Waals surface area contributed by atoms with E-state index in [-0.39, 0.29) is 11.9 Å². The first-order chi connectivity index (χ1) is 9.13. The Bertz CT molecular complexity index is 619. The molecule has 2 rings (SSSR count). The zero-order chi connectivity index (χ0) is 13.8. The fourth-order valence-electron chi connectivity index (χ4n) is 1.90. The van der Waals surface area contributed by atoms with Gasteiger partial charge < -0.3 is 4.90 Å². The lowest BCUT2D eigenvalue weighted by molar-refractivity contribution is 0.584. The summed E-state index contributed by atoms with van der Waals surface area (Å²) in [6.07, 6.45) is 0. The maximum Gasteiger partial charge on any atom is 0.142 e. The molecule has 0 amide bonds. The van der Waals surface area contributed by atoms with Crippen LogP contribution in [0.5, 0.6) is 0 Å². The van der Waals surface area contributed by atoms with Gasteiger partial charge in [0.1, 0.15) is 23.4 Å². The van der Waals surface area contributed by atoms with Gasteiger partial charge in [-0.3, -0.25) is 0 Å². The van der Waals surface area contributed by atoms with E-state index in [0.29, 0.717) is 17.1 Å². The van der Waals surface area contributed by atoms with Crippen LogP contribution in [0.2, 0.25) is 0 Å². The fourth-order valence-corrected chi connectivity index (χ4v) is 1.90. The van der Waals surface area contributed by atoms with Crippen LogP contribution in [0.15, 0.2) is 42.5 Å². The van der Waals surface area contributed by atoms with Gasteiger partial charge in [-0.15, -0.1) is 0 Å². The van der Waals surface area contributed by atoms with Crippen molar-refractivity contribution in [2.75, 3.05) is 11.9 Å². The molecule has 3 nitrogen and oxygen atoms in total. The molecule has 0 saturated heterocycles. The predicted molar refractivity (Wildman–Crippen MR) is 72.2 cm³/mol. The van der Waals surface area contributed by atoms with Crippen molar-refractivity contribution in [3.8, 4) is 6.07 Å². The van der Waals surface area contributed by atoms with Crippen LogP contribution in [0.25, 0.3) is 0 Å². The number of halogens is 1. The lowest BCUT2D eigenvalue weighted by atomic mass is 10.1. The molecule has 0 bridgehead atoms. The Balaban J connectivity index is 2.31. The van der Waals surface area contributed by atoms with Crippen LogP contribution in [0.4, 0.5) is 10.2 Å². The lowest BCUT2D eigenvalue weighted by Gasteiger charge is -2.26. The fraction of sp³-hybridized carbons (Fsp3) is 0.200. The van der Waals surface area contributed by atoms with Crippen LogP contribution in [0.1, 0.15) is 24.2 Å². The Morgan fingerprint density at radius 1 is 1.21 bits per heavy atom. The third kappa shape index (κ3) is 2.71. The summed E-state index contributed by atoms with van der Waals surface area (Å²) < 4.78 is 13.8. The van der Waals surface area contributed by atoms with Gasteiger partial charge in [0.15, 0.2) is 0 Å². The normalized spacial score (nSPS) is 11.7. The minimum Gasteiger partial charge on any atom is -0.353 e. The summed E-state index contributed by atoms with van der Waals surface area (Å²) >= 11 is 0. The van der Waals surface area contributed by atoms with Crippen LogP contribution >= 0.6 is 0 Å². The van der Waals surface area contributed by atoms with Crippen LogP contribution in [0, 0.1) is 17.1 Å². The minimum atomic E-state index is -0.238. The second-order valence-electron chi connectivity index (χ2n) is 4.30. The van der Waals surface area contributed by atoms with Crippen molar-refractivity contribution in [2.24, 2.45) is 0 Å². The van der Waals surface area contributed by atoms with Crippen molar-refractivity contribution in [3.63, 3.8) is 0 Å². The average molecular weight is 255 g/mol. The first-order valence-electron chi connectivity index (χ1n) is 5.98. The smallest absolute Gasteiger partial charge is 0.142 e. The molecule has 1 atom stereocenters. The first kappa shape index (κ1) is 13.0. The quantitative estimate of drug-likeness (QED) is 0.845. The molecule has 4 heteroatoms. The zero-order valence-electron chi connectivity index (χ0n) is 10.8. The van der Waals surface area contributed by atoms with E-state index in [1.54, 1.807) is 30.3 Å². The molecule has 0 N–H and O–H groups in total. The van der Waals surface area contributed by atoms with E-state index in [1.165, 1.54) is 6.07 Å². The molecule has 0 fully saturated rings. The molecular weight excluding hydrogens is 241 g/mol. The second kappa shape index (κ2) is 5.49. The van der Waals surface area contributed by atoms with E-state index in [9.17, 15) is 4.39 Å². The highest BCUT2D eigenvalue weighted by Crippen LogP contribution is 2.25. The van der Waals surface area contributed by atoms with Gasteiger partial charge in [0, 0.05) is 12.6 Å². The maximum atomic E-state index is 13.8. The molecule has 0 aliphatic carbocycles. The monoisotopic (exact) mass is 255 g/mol. The molecule has 0 saturated carbocycles. The number of aromatic nitrogens is 1. The molecular formula is C15H14FN3. The molecule has 19 heavy (non-hydrogen) atoms. The first-order valence-corrected chi connectivity index (χ1v) is 5.98. The molecule has 96 valence electrons. The van der Waals surface area contributed by atoms with Crippen LogP contribution in [-0.2, 0) is 0 Å². The van der Waals surface area contributed by atoms with Gasteiger partial charge in [0.2, 0.25) is 0 Å². The third-order valence-electron chi connectivity index (χ3n) is 3.15. The molecule has 1 aromatic heterocycles. The molecule has 1 unspecified atom stereocenters. The van der Waals surface area contributed by atoms with Crippen molar-refractivity contribution in [3.05, 3.63) is 59.5 Å². The van der Waals surface area contributed by atoms with Crippen molar-refractivity contribution in [2.45, 2.75) is 13.0 Å². The number of benzene rings is 1. The van der Waals surface area contributed by atoms with Crippen LogP contribution in [0.3, 0.4) is 0 Å². The molecule has 1 heterocycles. The Morgan fingerprint density at radius 2 is 1.95 bits per heavy atom. The van der Waals surface area contributed by atoms with Gasteiger partial charge in [-0.2, -0.15) is 5.26 Å². The van der Waals surface area contributed by atoms with E-state index in [2.05, 4.69) is 4.98 Å². The summed E-state index contributed by atoms with van der Waals surface area (Å²) in [5.74, 6) is 0.410. The van der Waals surface area contributed by atoms with Gasteiger partial charge in [0.05, 0.1) is 6.04 Å². The van der Waals surface area contributed by atoms with Gasteiger partial charge in [-0.25, -0.2) is 9.37 Å². The van der Waals surface area contributed by atoms with Gasteiger partial charge in [-0.1, -0.05) is 24.3 Å². The van der Waals surface area contributed by atoms with Crippen molar-refractivity contribution in [1.82, 2.24) is 4.98 Å². The maximum absolute atomic E-state index is 13.8. The lowest BCUT2D eigenvalue weighted by Crippen LogP contribution is -2.23. The Morgan fingerprint density at radius 3 is 2.63 bits per heavy atom. The minimum absolute atomic E-state index is 0.164. The van der Waals surface area contributed by atoms with Crippen molar-refractivity contribution < 1.29 is 4.39 Å². The van der Waals surface area contributed by atoms with E-state index in [4.69, 9.17) is 5.26 Å².